The van der Waals surface area contributed by atoms with Gasteiger partial charge in [0.25, 0.3) is 0 Å². The van der Waals surface area contributed by atoms with E-state index in [1.807, 2.05) is 55.4 Å². The molecule has 0 fully saturated rings. The lowest BCUT2D eigenvalue weighted by Gasteiger charge is -2.40. The van der Waals surface area contributed by atoms with Crippen molar-refractivity contribution in [1.29, 1.82) is 0 Å². The molecule has 1 atom stereocenters. The van der Waals surface area contributed by atoms with Crippen LogP contribution in [0.25, 0.3) is 0 Å². The number of hydrogen-bond acceptors (Lipinski definition) is 5. The van der Waals surface area contributed by atoms with E-state index in [9.17, 15) is 9.59 Å². The highest BCUT2D eigenvalue weighted by molar-refractivity contribution is 6.62. The van der Waals surface area contributed by atoms with Gasteiger partial charge in [-0.05, 0) is 48.5 Å². The zero-order chi connectivity index (χ0) is 21.8. The molecule has 0 aliphatic carbocycles. The molecule has 1 unspecified atom stereocenters. The second kappa shape index (κ2) is 13.4. The third-order valence-electron chi connectivity index (χ3n) is 5.42. The van der Waals surface area contributed by atoms with E-state index < -0.39 is 8.80 Å². The minimum atomic E-state index is -2.93. The van der Waals surface area contributed by atoms with Crippen LogP contribution >= 0.6 is 0 Å². The smallest absolute Gasteiger partial charge is 0.373 e. The summed E-state index contributed by atoms with van der Waals surface area (Å²) in [5.41, 5.74) is -0.0558. The lowest BCUT2D eigenvalue weighted by Crippen LogP contribution is -2.60. The van der Waals surface area contributed by atoms with Crippen molar-refractivity contribution >= 4 is 20.6 Å². The topological polar surface area (TPSA) is 65.1 Å². The molecule has 2 amide bonds. The molecule has 8 heteroatoms. The van der Waals surface area contributed by atoms with Crippen molar-refractivity contribution < 1.29 is 27.4 Å². The number of carbonyl (C=O) groups excluding carboxylic acids is 2. The summed E-state index contributed by atoms with van der Waals surface area (Å²) in [7, 11) is -2.93. The summed E-state index contributed by atoms with van der Waals surface area (Å²) in [4.78, 5) is 27.5. The summed E-state index contributed by atoms with van der Waals surface area (Å²) in [6, 6.07) is 0. The molecule has 0 heterocycles. The first-order valence-electron chi connectivity index (χ1n) is 10.8. The fraction of sp³-hybridized carbons (Fsp3) is 0.900. The Kier molecular flexibility index (Phi) is 13.0. The van der Waals surface area contributed by atoms with Gasteiger partial charge in [0.15, 0.2) is 0 Å². The third kappa shape index (κ3) is 6.91. The normalized spacial score (nSPS) is 13.4. The van der Waals surface area contributed by atoms with Gasteiger partial charge in [0.2, 0.25) is 5.91 Å². The highest BCUT2D eigenvalue weighted by Gasteiger charge is 2.51. The van der Waals surface area contributed by atoms with Crippen LogP contribution in [0.2, 0.25) is 5.54 Å². The van der Waals surface area contributed by atoms with Crippen LogP contribution in [0.5, 0.6) is 0 Å². The molecular weight excluding hydrogens is 376 g/mol. The Morgan fingerprint density at radius 1 is 0.857 bits per heavy atom. The molecule has 0 aromatic carbocycles. The van der Waals surface area contributed by atoms with Crippen molar-refractivity contribution in [1.82, 2.24) is 4.90 Å². The third-order valence-corrected chi connectivity index (χ3v) is 8.88. The van der Waals surface area contributed by atoms with Crippen LogP contribution in [-0.4, -0.2) is 82.5 Å². The average Bonchev–Trinajstić information content (AvgIpc) is 2.67. The molecule has 0 N–H and O–H groups in total. The molecule has 0 bridgehead atoms. The van der Waals surface area contributed by atoms with E-state index in [0.29, 0.717) is 52.5 Å². The Bertz CT molecular complexity index is 450. The molecule has 0 aromatic heterocycles. The molecule has 0 aliphatic rings. The number of rotatable bonds is 15. The van der Waals surface area contributed by atoms with Crippen molar-refractivity contribution in [2.24, 2.45) is 0 Å². The van der Waals surface area contributed by atoms with Gasteiger partial charge in [-0.1, -0.05) is 6.92 Å². The SMILES string of the molecule is CCO[Si](OCC)(OCC)C(C)C[N+](CC)(CC)C(=O)CC(=O)N(CC)CC. The van der Waals surface area contributed by atoms with Crippen LogP contribution in [0, 0.1) is 0 Å². The Hall–Kier alpha value is -0.803. The van der Waals surface area contributed by atoms with E-state index in [1.54, 1.807) is 4.90 Å². The second-order valence-electron chi connectivity index (χ2n) is 6.90. The van der Waals surface area contributed by atoms with Gasteiger partial charge in [0.05, 0.1) is 25.2 Å². The number of quaternary nitrogens is 1. The number of hydrogen-bond donors (Lipinski definition) is 0. The molecule has 0 saturated carbocycles. The first-order chi connectivity index (χ1) is 13.3. The van der Waals surface area contributed by atoms with Crippen LogP contribution in [0.15, 0.2) is 0 Å². The molecule has 0 radical (unpaired) electrons. The number of carbonyl (C=O) groups is 2. The molecule has 0 aliphatic heterocycles. The van der Waals surface area contributed by atoms with Crippen LogP contribution in [-0.2, 0) is 22.9 Å². The van der Waals surface area contributed by atoms with Crippen molar-refractivity contribution in [2.45, 2.75) is 67.4 Å². The predicted octanol–water partition coefficient (Wildman–Crippen LogP) is 3.07. The summed E-state index contributed by atoms with van der Waals surface area (Å²) in [6.07, 6.45) is -0.0669. The molecule has 28 heavy (non-hydrogen) atoms. The second-order valence-corrected chi connectivity index (χ2v) is 9.96. The monoisotopic (exact) mass is 419 g/mol. The maximum atomic E-state index is 13.2. The minimum absolute atomic E-state index is 0.0406. The van der Waals surface area contributed by atoms with Crippen LogP contribution < -0.4 is 0 Å². The van der Waals surface area contributed by atoms with Crippen molar-refractivity contribution in [3.8, 4) is 0 Å². The first-order valence-corrected chi connectivity index (χ1v) is 12.6. The Labute approximate surface area is 173 Å². The average molecular weight is 420 g/mol. The summed E-state index contributed by atoms with van der Waals surface area (Å²) in [6.45, 7) is 20.3. The highest BCUT2D eigenvalue weighted by atomic mass is 28.4. The van der Waals surface area contributed by atoms with E-state index in [2.05, 4.69) is 0 Å². The molecule has 0 saturated heterocycles. The van der Waals surface area contributed by atoms with Crippen molar-refractivity contribution in [3.05, 3.63) is 0 Å². The quantitative estimate of drug-likeness (QED) is 0.232. The predicted molar refractivity (Wildman–Crippen MR) is 114 cm³/mol. The maximum Gasteiger partial charge on any atom is 0.509 e. The van der Waals surface area contributed by atoms with E-state index in [4.69, 9.17) is 13.3 Å². The zero-order valence-electron chi connectivity index (χ0n) is 19.4. The van der Waals surface area contributed by atoms with E-state index in [-0.39, 0.29) is 28.3 Å². The fourth-order valence-electron chi connectivity index (χ4n) is 3.71. The first kappa shape index (κ1) is 27.2. The summed E-state index contributed by atoms with van der Waals surface area (Å²) >= 11 is 0. The number of amides is 2. The largest absolute Gasteiger partial charge is 0.509 e. The summed E-state index contributed by atoms with van der Waals surface area (Å²) in [5, 5.41) is 0. The van der Waals surface area contributed by atoms with Crippen LogP contribution in [0.4, 0.5) is 0 Å². The number of nitrogens with zero attached hydrogens (tertiary/aromatic N) is 2. The van der Waals surface area contributed by atoms with Gasteiger partial charge in [-0.2, -0.15) is 0 Å². The van der Waals surface area contributed by atoms with Gasteiger partial charge in [-0.25, -0.2) is 4.79 Å². The van der Waals surface area contributed by atoms with Crippen LogP contribution in [0.1, 0.15) is 61.8 Å². The van der Waals surface area contributed by atoms with Gasteiger partial charge < -0.3 is 18.2 Å². The lowest BCUT2D eigenvalue weighted by atomic mass is 10.2. The van der Waals surface area contributed by atoms with E-state index in [1.165, 1.54) is 0 Å². The molecule has 0 rings (SSSR count). The molecular formula is C20H43N2O5Si+. The zero-order valence-corrected chi connectivity index (χ0v) is 20.4. The standard InChI is InChI=1S/C20H43N2O5Si/c1-9-21(10-2)19(23)16-20(24)22(11-3,12-4)17-18(8)28(25-13-5,26-14-6)27-15-7/h18H,9-17H2,1-8H3/q+1. The minimum Gasteiger partial charge on any atom is -0.373 e. The van der Waals surface area contributed by atoms with Gasteiger partial charge in [0, 0.05) is 32.9 Å². The van der Waals surface area contributed by atoms with Gasteiger partial charge in [-0.15, -0.1) is 0 Å². The molecule has 0 spiro atoms. The molecule has 166 valence electrons. The van der Waals surface area contributed by atoms with Gasteiger partial charge in [-0.3, -0.25) is 9.28 Å². The molecule has 0 aromatic rings. The van der Waals surface area contributed by atoms with Crippen molar-refractivity contribution in [2.75, 3.05) is 52.5 Å². The summed E-state index contributed by atoms with van der Waals surface area (Å²) < 4.78 is 18.3. The summed E-state index contributed by atoms with van der Waals surface area (Å²) in [5.74, 6) is -0.142. The van der Waals surface area contributed by atoms with Crippen LogP contribution in [0.3, 0.4) is 0 Å². The highest BCUT2D eigenvalue weighted by Crippen LogP contribution is 2.30. The fourth-order valence-corrected chi connectivity index (χ4v) is 6.60. The van der Waals surface area contributed by atoms with Gasteiger partial charge >= 0.3 is 14.7 Å². The lowest BCUT2D eigenvalue weighted by molar-refractivity contribution is -0.851. The Morgan fingerprint density at radius 2 is 1.29 bits per heavy atom. The Morgan fingerprint density at radius 3 is 1.61 bits per heavy atom. The van der Waals surface area contributed by atoms with E-state index in [0.717, 1.165) is 0 Å². The van der Waals surface area contributed by atoms with E-state index >= 15 is 0 Å². The molecule has 7 nitrogen and oxygen atoms in total. The Balaban J connectivity index is 5.63. The van der Waals surface area contributed by atoms with Gasteiger partial charge in [0.1, 0.15) is 6.42 Å². The van der Waals surface area contributed by atoms with Crippen molar-refractivity contribution in [3.63, 3.8) is 0 Å². The maximum absolute atomic E-state index is 13.2.